The standard InChI is InChI=1S/C14H10FNO4/c1-8-10(3-2-4-13(8)15)12-7-9(16(19)20)5-6-11(12)14(17)18/h2-7H,1H3,(H,17,18). The van der Waals surface area contributed by atoms with Crippen molar-refractivity contribution in [1.29, 1.82) is 0 Å². The average molecular weight is 275 g/mol. The molecule has 102 valence electrons. The van der Waals surface area contributed by atoms with Crippen LogP contribution in [0.25, 0.3) is 11.1 Å². The molecule has 2 rings (SSSR count). The quantitative estimate of drug-likeness (QED) is 0.687. The van der Waals surface area contributed by atoms with Crippen molar-refractivity contribution in [1.82, 2.24) is 0 Å². The fourth-order valence-corrected chi connectivity index (χ4v) is 1.95. The van der Waals surface area contributed by atoms with E-state index in [0.717, 1.165) is 18.2 Å². The summed E-state index contributed by atoms with van der Waals surface area (Å²) in [5.74, 6) is -1.72. The number of halogens is 1. The van der Waals surface area contributed by atoms with E-state index in [1.54, 1.807) is 0 Å². The van der Waals surface area contributed by atoms with Crippen LogP contribution < -0.4 is 0 Å². The minimum absolute atomic E-state index is 0.107. The number of hydrogen-bond acceptors (Lipinski definition) is 3. The minimum Gasteiger partial charge on any atom is -0.478 e. The van der Waals surface area contributed by atoms with Crippen LogP contribution in [0.4, 0.5) is 10.1 Å². The molecule has 20 heavy (non-hydrogen) atoms. The zero-order valence-electron chi connectivity index (χ0n) is 10.5. The maximum Gasteiger partial charge on any atom is 0.336 e. The van der Waals surface area contributed by atoms with Crippen LogP contribution >= 0.6 is 0 Å². The molecule has 1 N–H and O–H groups in total. The van der Waals surface area contributed by atoms with Gasteiger partial charge < -0.3 is 5.11 Å². The lowest BCUT2D eigenvalue weighted by atomic mass is 9.95. The summed E-state index contributed by atoms with van der Waals surface area (Å²) in [7, 11) is 0. The Bertz CT molecular complexity index is 712. The second kappa shape index (κ2) is 5.08. The van der Waals surface area contributed by atoms with Crippen LogP contribution in [0.5, 0.6) is 0 Å². The Morgan fingerprint density at radius 3 is 2.55 bits per heavy atom. The Hall–Kier alpha value is -2.76. The summed E-state index contributed by atoms with van der Waals surface area (Å²) in [6.07, 6.45) is 0. The van der Waals surface area contributed by atoms with E-state index in [4.69, 9.17) is 5.11 Å². The number of carboxylic acids is 1. The van der Waals surface area contributed by atoms with Gasteiger partial charge in [-0.1, -0.05) is 12.1 Å². The number of benzene rings is 2. The number of hydrogen-bond donors (Lipinski definition) is 1. The third kappa shape index (κ3) is 2.35. The van der Waals surface area contributed by atoms with Gasteiger partial charge in [0, 0.05) is 17.7 Å². The van der Waals surface area contributed by atoms with E-state index in [1.807, 2.05) is 0 Å². The van der Waals surface area contributed by atoms with Gasteiger partial charge in [-0.05, 0) is 30.2 Å². The van der Waals surface area contributed by atoms with Gasteiger partial charge in [0.1, 0.15) is 5.82 Å². The van der Waals surface area contributed by atoms with Crippen molar-refractivity contribution >= 4 is 11.7 Å². The largest absolute Gasteiger partial charge is 0.478 e. The highest BCUT2D eigenvalue weighted by atomic mass is 19.1. The molecule has 0 spiro atoms. The number of nitro benzene ring substituents is 1. The van der Waals surface area contributed by atoms with E-state index in [9.17, 15) is 19.3 Å². The maximum atomic E-state index is 13.6. The molecule has 0 saturated carbocycles. The SMILES string of the molecule is Cc1c(F)cccc1-c1cc([N+](=O)[O-])ccc1C(=O)O. The van der Waals surface area contributed by atoms with Crippen molar-refractivity contribution in [3.8, 4) is 11.1 Å². The van der Waals surface area contributed by atoms with Crippen LogP contribution in [0.15, 0.2) is 36.4 Å². The lowest BCUT2D eigenvalue weighted by Crippen LogP contribution is -2.02. The molecule has 2 aromatic carbocycles. The van der Waals surface area contributed by atoms with Crippen molar-refractivity contribution in [2.45, 2.75) is 6.92 Å². The molecule has 5 nitrogen and oxygen atoms in total. The number of rotatable bonds is 3. The molecule has 0 radical (unpaired) electrons. The summed E-state index contributed by atoms with van der Waals surface area (Å²) >= 11 is 0. The first-order valence-electron chi connectivity index (χ1n) is 5.69. The van der Waals surface area contributed by atoms with Gasteiger partial charge in [0.15, 0.2) is 0 Å². The van der Waals surface area contributed by atoms with Crippen LogP contribution in [0.1, 0.15) is 15.9 Å². The zero-order chi connectivity index (χ0) is 14.9. The van der Waals surface area contributed by atoms with Gasteiger partial charge in [-0.15, -0.1) is 0 Å². The fourth-order valence-electron chi connectivity index (χ4n) is 1.95. The van der Waals surface area contributed by atoms with Gasteiger partial charge in [0.25, 0.3) is 5.69 Å². The Balaban J connectivity index is 2.76. The molecule has 0 aliphatic heterocycles. The van der Waals surface area contributed by atoms with Crippen LogP contribution in [0, 0.1) is 22.9 Å². The van der Waals surface area contributed by atoms with E-state index in [1.165, 1.54) is 25.1 Å². The first-order chi connectivity index (χ1) is 9.41. The van der Waals surface area contributed by atoms with E-state index < -0.39 is 16.7 Å². The molecule has 0 aromatic heterocycles. The molecule has 0 aliphatic rings. The van der Waals surface area contributed by atoms with E-state index in [-0.39, 0.29) is 22.4 Å². The number of carbonyl (C=O) groups is 1. The Morgan fingerprint density at radius 2 is 1.95 bits per heavy atom. The number of carboxylic acid groups (broad SMARTS) is 1. The summed E-state index contributed by atoms with van der Waals surface area (Å²) in [6, 6.07) is 7.62. The summed E-state index contributed by atoms with van der Waals surface area (Å²) in [6.45, 7) is 1.50. The molecule has 0 aliphatic carbocycles. The highest BCUT2D eigenvalue weighted by molar-refractivity contribution is 5.97. The monoisotopic (exact) mass is 275 g/mol. The third-order valence-corrected chi connectivity index (χ3v) is 3.00. The highest BCUT2D eigenvalue weighted by Gasteiger charge is 2.18. The summed E-state index contributed by atoms with van der Waals surface area (Å²) in [5.41, 5.74) is 0.350. The van der Waals surface area contributed by atoms with Crippen molar-refractivity contribution < 1.29 is 19.2 Å². The van der Waals surface area contributed by atoms with Gasteiger partial charge in [-0.3, -0.25) is 10.1 Å². The molecule has 0 bridgehead atoms. The lowest BCUT2D eigenvalue weighted by Gasteiger charge is -2.10. The fraction of sp³-hybridized carbons (Fsp3) is 0.0714. The van der Waals surface area contributed by atoms with Gasteiger partial charge in [0.05, 0.1) is 10.5 Å². The average Bonchev–Trinajstić information content (AvgIpc) is 2.41. The number of nitrogens with zero attached hydrogens (tertiary/aromatic N) is 1. The predicted octanol–water partition coefficient (Wildman–Crippen LogP) is 3.41. The molecule has 6 heteroatoms. The van der Waals surface area contributed by atoms with Crippen molar-refractivity contribution in [3.63, 3.8) is 0 Å². The molecule has 0 amide bonds. The molecule has 0 atom stereocenters. The van der Waals surface area contributed by atoms with Crippen LogP contribution in [-0.4, -0.2) is 16.0 Å². The maximum absolute atomic E-state index is 13.6. The Kier molecular flexibility index (Phi) is 3.47. The summed E-state index contributed by atoms with van der Waals surface area (Å²) in [5, 5.41) is 20.0. The zero-order valence-corrected chi connectivity index (χ0v) is 10.5. The second-order valence-corrected chi connectivity index (χ2v) is 4.20. The van der Waals surface area contributed by atoms with Crippen LogP contribution in [0.3, 0.4) is 0 Å². The Morgan fingerprint density at radius 1 is 1.25 bits per heavy atom. The first-order valence-corrected chi connectivity index (χ1v) is 5.69. The topological polar surface area (TPSA) is 80.4 Å². The van der Waals surface area contributed by atoms with Gasteiger partial charge in [0.2, 0.25) is 0 Å². The first kappa shape index (κ1) is 13.7. The van der Waals surface area contributed by atoms with Crippen LogP contribution in [-0.2, 0) is 0 Å². The normalized spacial score (nSPS) is 10.3. The van der Waals surface area contributed by atoms with Crippen molar-refractivity contribution in [3.05, 3.63) is 63.5 Å². The van der Waals surface area contributed by atoms with E-state index in [0.29, 0.717) is 5.56 Å². The minimum atomic E-state index is -1.22. The third-order valence-electron chi connectivity index (χ3n) is 3.00. The van der Waals surface area contributed by atoms with Gasteiger partial charge >= 0.3 is 5.97 Å². The van der Waals surface area contributed by atoms with Gasteiger partial charge in [-0.25, -0.2) is 9.18 Å². The second-order valence-electron chi connectivity index (χ2n) is 4.20. The van der Waals surface area contributed by atoms with E-state index in [2.05, 4.69) is 0 Å². The molecule has 0 saturated heterocycles. The summed E-state index contributed by atoms with van der Waals surface area (Å²) < 4.78 is 13.6. The molecule has 0 fully saturated rings. The summed E-state index contributed by atoms with van der Waals surface area (Å²) in [4.78, 5) is 21.4. The molecule has 2 aromatic rings. The number of non-ortho nitro benzene ring substituents is 1. The highest BCUT2D eigenvalue weighted by Crippen LogP contribution is 2.31. The van der Waals surface area contributed by atoms with Gasteiger partial charge in [-0.2, -0.15) is 0 Å². The molecule has 0 heterocycles. The van der Waals surface area contributed by atoms with E-state index >= 15 is 0 Å². The lowest BCUT2D eigenvalue weighted by molar-refractivity contribution is -0.384. The molecular weight excluding hydrogens is 265 g/mol. The number of aromatic carboxylic acids is 1. The van der Waals surface area contributed by atoms with Crippen LogP contribution in [0.2, 0.25) is 0 Å². The molecule has 0 unspecified atom stereocenters. The molecular formula is C14H10FNO4. The predicted molar refractivity (Wildman–Crippen MR) is 70.2 cm³/mol. The number of nitro groups is 1. The Labute approximate surface area is 113 Å². The smallest absolute Gasteiger partial charge is 0.336 e. The van der Waals surface area contributed by atoms with Crippen molar-refractivity contribution in [2.24, 2.45) is 0 Å². The van der Waals surface area contributed by atoms with Crippen molar-refractivity contribution in [2.75, 3.05) is 0 Å².